The van der Waals surface area contributed by atoms with E-state index < -0.39 is 0 Å². The van der Waals surface area contributed by atoms with E-state index in [4.69, 9.17) is 0 Å². The number of nitrogens with zero attached hydrogens (tertiary/aromatic N) is 1. The second kappa shape index (κ2) is 6.90. The molecule has 1 heterocycles. The summed E-state index contributed by atoms with van der Waals surface area (Å²) in [6, 6.07) is 0. The van der Waals surface area contributed by atoms with Gasteiger partial charge in [0.25, 0.3) is 0 Å². The summed E-state index contributed by atoms with van der Waals surface area (Å²) in [4.78, 5) is 17.0. The van der Waals surface area contributed by atoms with Gasteiger partial charge in [-0.1, -0.05) is 13.8 Å². The number of aldehydes is 1. The first-order chi connectivity index (χ1) is 9.30. The largest absolute Gasteiger partial charge is 0.356 e. The normalized spacial score (nSPS) is 14.7. The number of hydrogen-bond acceptors (Lipinski definition) is 2. The van der Waals surface area contributed by atoms with Gasteiger partial charge in [0.1, 0.15) is 0 Å². The summed E-state index contributed by atoms with van der Waals surface area (Å²) in [6.07, 6.45) is 7.98. The summed E-state index contributed by atoms with van der Waals surface area (Å²) in [5, 5.41) is 0. The molecule has 1 aromatic rings. The fraction of sp³-hybridized carbons (Fsp3) is 0.688. The Morgan fingerprint density at radius 2 is 1.95 bits per heavy atom. The SMILES string of the molecule is CCN(CC)CCCc1c(C=O)[nH]c2c1CCCC2. The molecule has 0 spiro atoms. The summed E-state index contributed by atoms with van der Waals surface area (Å²) >= 11 is 0. The van der Waals surface area contributed by atoms with Crippen LogP contribution in [0.4, 0.5) is 0 Å². The molecule has 0 aliphatic heterocycles. The summed E-state index contributed by atoms with van der Waals surface area (Å²) in [6.45, 7) is 7.77. The topological polar surface area (TPSA) is 36.1 Å². The van der Waals surface area contributed by atoms with Crippen molar-refractivity contribution in [2.75, 3.05) is 19.6 Å². The Labute approximate surface area is 116 Å². The number of carbonyl (C=O) groups excluding carboxylic acids is 1. The Bertz CT molecular complexity index is 419. The predicted octanol–water partition coefficient (Wildman–Crippen LogP) is 2.98. The average molecular weight is 262 g/mol. The molecule has 1 aliphatic rings. The molecule has 1 aliphatic carbocycles. The van der Waals surface area contributed by atoms with E-state index in [0.717, 1.165) is 57.3 Å². The molecule has 0 aromatic carbocycles. The van der Waals surface area contributed by atoms with Crippen LogP contribution in [0.5, 0.6) is 0 Å². The highest BCUT2D eigenvalue weighted by Crippen LogP contribution is 2.27. The maximum Gasteiger partial charge on any atom is 0.166 e. The Balaban J connectivity index is 2.02. The average Bonchev–Trinajstić information content (AvgIpc) is 2.82. The lowest BCUT2D eigenvalue weighted by molar-refractivity contribution is 0.111. The molecule has 0 fully saturated rings. The molecule has 3 heteroatoms. The van der Waals surface area contributed by atoms with Crippen LogP contribution in [0, 0.1) is 0 Å². The second-order valence-corrected chi connectivity index (χ2v) is 5.43. The maximum atomic E-state index is 11.2. The molecule has 0 atom stereocenters. The smallest absolute Gasteiger partial charge is 0.166 e. The van der Waals surface area contributed by atoms with Gasteiger partial charge in [-0.2, -0.15) is 0 Å². The molecule has 2 rings (SSSR count). The lowest BCUT2D eigenvalue weighted by Crippen LogP contribution is -2.24. The lowest BCUT2D eigenvalue weighted by Gasteiger charge is -2.18. The first kappa shape index (κ1) is 14.3. The molecule has 3 nitrogen and oxygen atoms in total. The van der Waals surface area contributed by atoms with Crippen molar-refractivity contribution in [3.05, 3.63) is 22.5 Å². The third-order valence-corrected chi connectivity index (χ3v) is 4.36. The molecule has 0 saturated heterocycles. The summed E-state index contributed by atoms with van der Waals surface area (Å²) in [5.74, 6) is 0. The van der Waals surface area contributed by atoms with Gasteiger partial charge in [0, 0.05) is 5.69 Å². The van der Waals surface area contributed by atoms with Crippen LogP contribution in [0.25, 0.3) is 0 Å². The highest BCUT2D eigenvalue weighted by Gasteiger charge is 2.19. The number of aromatic nitrogens is 1. The molecular weight excluding hydrogens is 236 g/mol. The minimum Gasteiger partial charge on any atom is -0.356 e. The Morgan fingerprint density at radius 1 is 1.21 bits per heavy atom. The summed E-state index contributed by atoms with van der Waals surface area (Å²) in [5.41, 5.74) is 4.92. The van der Waals surface area contributed by atoms with Crippen LogP contribution in [0.3, 0.4) is 0 Å². The monoisotopic (exact) mass is 262 g/mol. The molecule has 0 amide bonds. The quantitative estimate of drug-likeness (QED) is 0.767. The Kier molecular flexibility index (Phi) is 5.20. The molecule has 1 aromatic heterocycles. The van der Waals surface area contributed by atoms with Gasteiger partial charge in [0.2, 0.25) is 0 Å². The van der Waals surface area contributed by atoms with Gasteiger partial charge in [-0.05, 0) is 69.3 Å². The van der Waals surface area contributed by atoms with Crippen LogP contribution < -0.4 is 0 Å². The van der Waals surface area contributed by atoms with E-state index >= 15 is 0 Å². The van der Waals surface area contributed by atoms with Crippen molar-refractivity contribution in [2.24, 2.45) is 0 Å². The highest BCUT2D eigenvalue weighted by molar-refractivity contribution is 5.76. The van der Waals surface area contributed by atoms with Gasteiger partial charge in [-0.3, -0.25) is 4.79 Å². The van der Waals surface area contributed by atoms with E-state index in [2.05, 4.69) is 23.7 Å². The van der Waals surface area contributed by atoms with Crippen molar-refractivity contribution in [3.63, 3.8) is 0 Å². The first-order valence-electron chi connectivity index (χ1n) is 7.70. The van der Waals surface area contributed by atoms with Crippen molar-refractivity contribution >= 4 is 6.29 Å². The standard InChI is InChI=1S/C16H26N2O/c1-3-18(4-2)11-7-9-14-13-8-5-6-10-15(13)17-16(14)12-19/h12,17H,3-11H2,1-2H3. The zero-order valence-corrected chi connectivity index (χ0v) is 12.3. The number of aromatic amines is 1. The fourth-order valence-corrected chi connectivity index (χ4v) is 3.18. The van der Waals surface area contributed by atoms with Gasteiger partial charge >= 0.3 is 0 Å². The van der Waals surface area contributed by atoms with E-state index in [1.54, 1.807) is 0 Å². The molecule has 0 unspecified atom stereocenters. The lowest BCUT2D eigenvalue weighted by atomic mass is 9.92. The number of rotatable bonds is 7. The number of aryl methyl sites for hydroxylation is 1. The van der Waals surface area contributed by atoms with Crippen molar-refractivity contribution in [3.8, 4) is 0 Å². The van der Waals surface area contributed by atoms with Gasteiger partial charge in [-0.25, -0.2) is 0 Å². The number of fused-ring (bicyclic) bond motifs is 1. The Morgan fingerprint density at radius 3 is 2.63 bits per heavy atom. The molecule has 0 radical (unpaired) electrons. The number of nitrogens with one attached hydrogen (secondary N) is 1. The van der Waals surface area contributed by atoms with Gasteiger partial charge < -0.3 is 9.88 Å². The van der Waals surface area contributed by atoms with Crippen molar-refractivity contribution in [1.82, 2.24) is 9.88 Å². The number of carbonyl (C=O) groups is 1. The second-order valence-electron chi connectivity index (χ2n) is 5.43. The Hall–Kier alpha value is -1.09. The van der Waals surface area contributed by atoms with Crippen LogP contribution >= 0.6 is 0 Å². The third kappa shape index (κ3) is 3.27. The molecular formula is C16H26N2O. The highest BCUT2D eigenvalue weighted by atomic mass is 16.1. The minimum absolute atomic E-state index is 0.839. The number of H-pyrrole nitrogens is 1. The van der Waals surface area contributed by atoms with Gasteiger partial charge in [0.15, 0.2) is 6.29 Å². The van der Waals surface area contributed by atoms with Gasteiger partial charge in [0.05, 0.1) is 5.69 Å². The van der Waals surface area contributed by atoms with Crippen LogP contribution in [0.15, 0.2) is 0 Å². The number of hydrogen-bond donors (Lipinski definition) is 1. The van der Waals surface area contributed by atoms with E-state index in [-0.39, 0.29) is 0 Å². The van der Waals surface area contributed by atoms with E-state index in [9.17, 15) is 4.79 Å². The molecule has 1 N–H and O–H groups in total. The van der Waals surface area contributed by atoms with Gasteiger partial charge in [-0.15, -0.1) is 0 Å². The molecule has 106 valence electrons. The zero-order chi connectivity index (χ0) is 13.7. The molecule has 0 bridgehead atoms. The molecule has 19 heavy (non-hydrogen) atoms. The van der Waals surface area contributed by atoms with Crippen LogP contribution in [-0.4, -0.2) is 35.8 Å². The maximum absolute atomic E-state index is 11.2. The molecule has 0 saturated carbocycles. The fourth-order valence-electron chi connectivity index (χ4n) is 3.18. The van der Waals surface area contributed by atoms with Crippen molar-refractivity contribution < 1.29 is 4.79 Å². The minimum atomic E-state index is 0.839. The third-order valence-electron chi connectivity index (χ3n) is 4.36. The predicted molar refractivity (Wildman–Crippen MR) is 78.9 cm³/mol. The van der Waals surface area contributed by atoms with Crippen LogP contribution in [0.1, 0.15) is 60.4 Å². The first-order valence-corrected chi connectivity index (χ1v) is 7.70. The van der Waals surface area contributed by atoms with Crippen LogP contribution in [0.2, 0.25) is 0 Å². The van der Waals surface area contributed by atoms with Crippen LogP contribution in [-0.2, 0) is 19.3 Å². The van der Waals surface area contributed by atoms with E-state index in [1.165, 1.54) is 29.7 Å². The zero-order valence-electron chi connectivity index (χ0n) is 12.3. The van der Waals surface area contributed by atoms with E-state index in [0.29, 0.717) is 0 Å². The van der Waals surface area contributed by atoms with Crippen molar-refractivity contribution in [2.45, 2.75) is 52.4 Å². The van der Waals surface area contributed by atoms with E-state index in [1.807, 2.05) is 0 Å². The summed E-state index contributed by atoms with van der Waals surface area (Å²) < 4.78 is 0. The van der Waals surface area contributed by atoms with Crippen molar-refractivity contribution in [1.29, 1.82) is 0 Å². The summed E-state index contributed by atoms with van der Waals surface area (Å²) in [7, 11) is 0.